The minimum atomic E-state index is -0.871. The van der Waals surface area contributed by atoms with Gasteiger partial charge in [-0.05, 0) is 74.7 Å². The highest BCUT2D eigenvalue weighted by Crippen LogP contribution is 2.40. The number of nitrogens with zero attached hydrogens (tertiary/aromatic N) is 1. The van der Waals surface area contributed by atoms with Crippen molar-refractivity contribution in [2.45, 2.75) is 115 Å². The van der Waals surface area contributed by atoms with E-state index in [1.807, 2.05) is 0 Å². The van der Waals surface area contributed by atoms with Crippen molar-refractivity contribution in [1.29, 1.82) is 0 Å². The molecular weight excluding hydrogens is 274 g/mol. The fraction of sp³-hybridized carbons (Fsp3) is 1.00. The summed E-state index contributed by atoms with van der Waals surface area (Å²) < 4.78 is 0. The van der Waals surface area contributed by atoms with E-state index in [4.69, 9.17) is 0 Å². The van der Waals surface area contributed by atoms with Crippen molar-refractivity contribution in [2.75, 3.05) is 0 Å². The van der Waals surface area contributed by atoms with Crippen LogP contribution in [0.25, 0.3) is 0 Å². The minimum Gasteiger partial charge on any atom is -0.374 e. The number of piperidine rings is 2. The third-order valence-corrected chi connectivity index (χ3v) is 5.25. The lowest BCUT2D eigenvalue weighted by Gasteiger charge is -2.58. The molecule has 0 unspecified atom stereocenters. The highest BCUT2D eigenvalue weighted by Gasteiger charge is 2.50. The van der Waals surface area contributed by atoms with Gasteiger partial charge in [-0.2, -0.15) is 0 Å². The first kappa shape index (κ1) is 18.2. The van der Waals surface area contributed by atoms with E-state index in [2.05, 4.69) is 71.1 Å². The largest absolute Gasteiger partial charge is 0.374 e. The fourth-order valence-corrected chi connectivity index (χ4v) is 5.12. The maximum atomic E-state index is 11.4. The quantitative estimate of drug-likeness (QED) is 0.686. The molecule has 0 atom stereocenters. The lowest BCUT2D eigenvalue weighted by Crippen LogP contribution is -2.74. The number of hydrazine groups is 1. The van der Waals surface area contributed by atoms with Crippen molar-refractivity contribution in [1.82, 2.24) is 15.8 Å². The molecule has 3 N–H and O–H groups in total. The third-order valence-electron chi connectivity index (χ3n) is 5.25. The van der Waals surface area contributed by atoms with Crippen molar-refractivity contribution in [2.24, 2.45) is 0 Å². The van der Waals surface area contributed by atoms with E-state index in [0.29, 0.717) is 12.8 Å². The Kier molecular flexibility index (Phi) is 4.27. The molecule has 2 rings (SSSR count). The van der Waals surface area contributed by atoms with E-state index in [-0.39, 0.29) is 22.2 Å². The highest BCUT2D eigenvalue weighted by molar-refractivity contribution is 5.05. The van der Waals surface area contributed by atoms with Crippen molar-refractivity contribution in [3.63, 3.8) is 0 Å². The number of aliphatic hydroxyl groups is 1. The molecule has 4 nitrogen and oxygen atoms in total. The molecule has 2 heterocycles. The summed E-state index contributed by atoms with van der Waals surface area (Å²) in [6, 6.07) is 0. The van der Waals surface area contributed by atoms with E-state index in [0.717, 1.165) is 12.8 Å². The molecule has 0 bridgehead atoms. The summed E-state index contributed by atoms with van der Waals surface area (Å²) in [5.41, 5.74) is 2.63. The molecule has 22 heavy (non-hydrogen) atoms. The molecular formula is C18H37N3O. The second kappa shape index (κ2) is 5.17. The summed E-state index contributed by atoms with van der Waals surface area (Å²) in [5.74, 6) is 0. The van der Waals surface area contributed by atoms with Crippen LogP contribution < -0.4 is 10.7 Å². The van der Waals surface area contributed by atoms with Gasteiger partial charge >= 0.3 is 0 Å². The second-order valence-electron chi connectivity index (χ2n) is 10.2. The van der Waals surface area contributed by atoms with E-state index in [1.54, 1.807) is 0 Å². The summed E-state index contributed by atoms with van der Waals surface area (Å²) in [4.78, 5) is 0. The average Bonchev–Trinajstić information content (AvgIpc) is 2.17. The van der Waals surface area contributed by atoms with Gasteiger partial charge in [0.05, 0.1) is 0 Å². The fourth-order valence-electron chi connectivity index (χ4n) is 5.12. The molecule has 4 heteroatoms. The summed E-state index contributed by atoms with van der Waals surface area (Å²) in [7, 11) is 0. The van der Waals surface area contributed by atoms with Crippen LogP contribution >= 0.6 is 0 Å². The molecule has 2 aliphatic rings. The molecule has 0 spiro atoms. The topological polar surface area (TPSA) is 47.5 Å². The first-order valence-corrected chi connectivity index (χ1v) is 8.77. The van der Waals surface area contributed by atoms with Crippen LogP contribution in [0.1, 0.15) is 87.5 Å². The summed E-state index contributed by atoms with van der Waals surface area (Å²) >= 11 is 0. The summed E-state index contributed by atoms with van der Waals surface area (Å²) in [5, 5.41) is 17.3. The minimum absolute atomic E-state index is 0.0522. The highest BCUT2D eigenvalue weighted by atomic mass is 16.3. The first-order chi connectivity index (χ1) is 9.67. The Labute approximate surface area is 137 Å². The Morgan fingerprint density at radius 3 is 1.64 bits per heavy atom. The average molecular weight is 312 g/mol. The van der Waals surface area contributed by atoms with Gasteiger partial charge in [0, 0.05) is 35.0 Å². The van der Waals surface area contributed by atoms with E-state index in [9.17, 15) is 5.11 Å². The maximum Gasteiger partial charge on any atom is 0.131 e. The Hall–Kier alpha value is -0.160. The van der Waals surface area contributed by atoms with Crippen LogP contribution in [0.3, 0.4) is 0 Å². The monoisotopic (exact) mass is 311 g/mol. The maximum absolute atomic E-state index is 11.4. The summed E-state index contributed by atoms with van der Waals surface area (Å²) in [6.45, 7) is 17.8. The lowest BCUT2D eigenvalue weighted by molar-refractivity contribution is -0.182. The second-order valence-corrected chi connectivity index (χ2v) is 10.2. The molecule has 0 amide bonds. The van der Waals surface area contributed by atoms with Gasteiger partial charge < -0.3 is 10.4 Å². The molecule has 0 saturated carbocycles. The zero-order chi connectivity index (χ0) is 17.0. The third kappa shape index (κ3) is 3.84. The van der Waals surface area contributed by atoms with Gasteiger partial charge in [-0.1, -0.05) is 0 Å². The van der Waals surface area contributed by atoms with Crippen LogP contribution in [-0.4, -0.2) is 38.0 Å². The Morgan fingerprint density at radius 2 is 1.23 bits per heavy atom. The molecule has 2 saturated heterocycles. The van der Waals surface area contributed by atoms with Crippen molar-refractivity contribution < 1.29 is 5.11 Å². The molecule has 0 aromatic rings. The van der Waals surface area contributed by atoms with Gasteiger partial charge in [0.2, 0.25) is 0 Å². The van der Waals surface area contributed by atoms with Crippen molar-refractivity contribution >= 4 is 0 Å². The molecule has 130 valence electrons. The Balaban J connectivity index is 2.26. The molecule has 2 fully saturated rings. The van der Waals surface area contributed by atoms with Gasteiger partial charge in [-0.25, -0.2) is 10.4 Å². The van der Waals surface area contributed by atoms with Gasteiger partial charge in [-0.15, -0.1) is 0 Å². The predicted molar refractivity (Wildman–Crippen MR) is 92.5 cm³/mol. The Bertz CT molecular complexity index is 394. The van der Waals surface area contributed by atoms with Crippen LogP contribution in [0.4, 0.5) is 0 Å². The van der Waals surface area contributed by atoms with E-state index in [1.165, 1.54) is 6.42 Å². The first-order valence-electron chi connectivity index (χ1n) is 8.77. The number of hydrogen-bond acceptors (Lipinski definition) is 4. The number of hydrogen-bond donors (Lipinski definition) is 3. The van der Waals surface area contributed by atoms with Crippen LogP contribution in [-0.2, 0) is 0 Å². The van der Waals surface area contributed by atoms with Crippen LogP contribution in [0.5, 0.6) is 0 Å². The summed E-state index contributed by atoms with van der Waals surface area (Å²) in [6.07, 6.45) is 4.96. The van der Waals surface area contributed by atoms with Gasteiger partial charge in [0.15, 0.2) is 0 Å². The molecule has 2 aliphatic heterocycles. The number of nitrogens with one attached hydrogen (secondary N) is 2. The van der Waals surface area contributed by atoms with Crippen LogP contribution in [0.2, 0.25) is 0 Å². The standard InChI is InChI=1S/C18H37N3O/c1-14(2)12-18(22,13-15(3,4)19-14)20-21-16(5,6)10-9-11-17(21,7)8/h19-20,22H,9-13H2,1-8H3. The van der Waals surface area contributed by atoms with Crippen molar-refractivity contribution in [3.8, 4) is 0 Å². The lowest BCUT2D eigenvalue weighted by atomic mass is 9.76. The zero-order valence-electron chi connectivity index (χ0n) is 15.9. The molecule has 0 aliphatic carbocycles. The normalized spacial score (nSPS) is 32.6. The molecule has 0 aromatic carbocycles. The Morgan fingerprint density at radius 1 is 0.818 bits per heavy atom. The van der Waals surface area contributed by atoms with E-state index < -0.39 is 5.72 Å². The van der Waals surface area contributed by atoms with E-state index >= 15 is 0 Å². The van der Waals surface area contributed by atoms with Crippen molar-refractivity contribution in [3.05, 3.63) is 0 Å². The van der Waals surface area contributed by atoms with Gasteiger partial charge in [0.25, 0.3) is 0 Å². The zero-order valence-corrected chi connectivity index (χ0v) is 15.9. The number of rotatable bonds is 2. The van der Waals surface area contributed by atoms with Gasteiger partial charge in [-0.3, -0.25) is 0 Å². The molecule has 0 aromatic heterocycles. The predicted octanol–water partition coefficient (Wildman–Crippen LogP) is 3.16. The molecule has 0 radical (unpaired) electrons. The SMILES string of the molecule is CC1(C)CC(O)(NN2C(C)(C)CCCC2(C)C)CC(C)(C)N1. The smallest absolute Gasteiger partial charge is 0.131 e. The van der Waals surface area contributed by atoms with Crippen LogP contribution in [0, 0.1) is 0 Å². The van der Waals surface area contributed by atoms with Crippen LogP contribution in [0.15, 0.2) is 0 Å². The van der Waals surface area contributed by atoms with Gasteiger partial charge in [0.1, 0.15) is 5.72 Å².